The van der Waals surface area contributed by atoms with E-state index in [2.05, 4.69) is 92.1 Å². The average molecular weight is 610 g/mol. The van der Waals surface area contributed by atoms with Gasteiger partial charge in [-0.25, -0.2) is 9.59 Å². The minimum absolute atomic E-state index is 0.0866. The molecule has 0 fully saturated rings. The van der Waals surface area contributed by atoms with Crippen LogP contribution in [-0.2, 0) is 12.0 Å². The summed E-state index contributed by atoms with van der Waals surface area (Å²) in [6, 6.07) is 29.5. The lowest BCUT2D eigenvalue weighted by Crippen LogP contribution is -2.78. The monoisotopic (exact) mass is 609 g/mol. The second kappa shape index (κ2) is 12.2. The summed E-state index contributed by atoms with van der Waals surface area (Å²) in [6.07, 6.45) is -2.55. The molecule has 1 unspecified atom stereocenters. The molecule has 0 saturated heterocycles. The van der Waals surface area contributed by atoms with E-state index in [1.54, 1.807) is 20.8 Å². The predicted octanol–water partition coefficient (Wildman–Crippen LogP) is 9.31. The number of carbonyl (C=O) groups is 2. The molecular formula is C38H47N3O4. The first kappa shape index (κ1) is 33.5. The zero-order valence-corrected chi connectivity index (χ0v) is 27.9. The van der Waals surface area contributed by atoms with E-state index in [0.29, 0.717) is 0 Å². The highest BCUT2D eigenvalue weighted by Gasteiger charge is 2.54. The largest absolute Gasteiger partial charge is 0.465 e. The minimum atomic E-state index is -1.64. The van der Waals surface area contributed by atoms with Gasteiger partial charge in [-0.05, 0) is 76.4 Å². The number of hydrogen-bond donors (Lipinski definition) is 4. The predicted molar refractivity (Wildman–Crippen MR) is 183 cm³/mol. The van der Waals surface area contributed by atoms with E-state index in [1.165, 1.54) is 16.0 Å². The lowest BCUT2D eigenvalue weighted by atomic mass is 9.82. The van der Waals surface area contributed by atoms with E-state index >= 15 is 0 Å². The van der Waals surface area contributed by atoms with Gasteiger partial charge in [0.15, 0.2) is 5.79 Å². The van der Waals surface area contributed by atoms with Crippen molar-refractivity contribution in [3.63, 3.8) is 0 Å². The first-order valence-corrected chi connectivity index (χ1v) is 15.4. The smallest absolute Gasteiger partial charge is 0.410 e. The Bertz CT molecular complexity index is 1690. The highest BCUT2D eigenvalue weighted by molar-refractivity contribution is 5.98. The fourth-order valence-electron chi connectivity index (χ4n) is 6.09. The van der Waals surface area contributed by atoms with Gasteiger partial charge in [-0.15, -0.1) is 0 Å². The van der Waals surface area contributed by atoms with Crippen LogP contribution in [0.2, 0.25) is 0 Å². The Morgan fingerprint density at radius 2 is 1.31 bits per heavy atom. The molecule has 4 aromatic carbocycles. The van der Waals surface area contributed by atoms with Crippen LogP contribution in [0.5, 0.6) is 0 Å². The van der Waals surface area contributed by atoms with Crippen LogP contribution in [0.4, 0.5) is 9.59 Å². The molecule has 4 aromatic rings. The van der Waals surface area contributed by atoms with Crippen LogP contribution in [0.15, 0.2) is 84.9 Å². The van der Waals surface area contributed by atoms with E-state index in [1.807, 2.05) is 45.0 Å². The van der Waals surface area contributed by atoms with Gasteiger partial charge in [-0.3, -0.25) is 15.5 Å². The van der Waals surface area contributed by atoms with Gasteiger partial charge in [0.25, 0.3) is 0 Å². The van der Waals surface area contributed by atoms with E-state index < -0.39 is 28.9 Å². The zero-order chi connectivity index (χ0) is 33.4. The van der Waals surface area contributed by atoms with Crippen LogP contribution in [0.25, 0.3) is 33.0 Å². The Hall–Kier alpha value is -4.36. The molecule has 4 N–H and O–H groups in total. The lowest BCUT2D eigenvalue weighted by Gasteiger charge is -2.55. The van der Waals surface area contributed by atoms with Crippen molar-refractivity contribution < 1.29 is 19.8 Å². The van der Waals surface area contributed by atoms with Gasteiger partial charge in [0, 0.05) is 17.5 Å². The molecule has 0 aromatic heterocycles. The zero-order valence-electron chi connectivity index (χ0n) is 27.9. The van der Waals surface area contributed by atoms with Gasteiger partial charge in [0.1, 0.15) is 0 Å². The molecular weight excluding hydrogens is 562 g/mol. The fourth-order valence-corrected chi connectivity index (χ4v) is 6.09. The summed E-state index contributed by atoms with van der Waals surface area (Å²) >= 11 is 0. The van der Waals surface area contributed by atoms with Crippen LogP contribution >= 0.6 is 0 Å². The molecule has 0 aliphatic rings. The van der Waals surface area contributed by atoms with Crippen molar-refractivity contribution >= 4 is 23.0 Å². The Balaban J connectivity index is 1.75. The number of benzene rings is 4. The molecule has 45 heavy (non-hydrogen) atoms. The number of nitrogens with one attached hydrogen (secondary N) is 2. The molecule has 0 bridgehead atoms. The summed E-state index contributed by atoms with van der Waals surface area (Å²) in [7, 11) is 0. The number of nitrogens with zero attached hydrogens (tertiary/aromatic N) is 1. The summed E-state index contributed by atoms with van der Waals surface area (Å²) in [5.41, 5.74) is 4.82. The van der Waals surface area contributed by atoms with Crippen molar-refractivity contribution in [3.8, 4) is 22.3 Å². The molecule has 1 atom stereocenters. The van der Waals surface area contributed by atoms with Crippen molar-refractivity contribution in [2.45, 2.75) is 85.6 Å². The molecule has 2 amide bonds. The molecule has 238 valence electrons. The number of amides is 2. The SMILES string of the molecule is CC(C)(C)c1ccc(-c2cccc3cc(-c4ccccc4CNC(NC(=O)O)(N(C(=O)O)C(C)(C)C)C(C)(C)C)ccc23)cc1. The standard InChI is InChI=1S/C38H47N3O4/c1-35(2,3)29-20-17-25(18-21-29)31-16-12-14-26-23-27(19-22-32(26)31)30-15-11-10-13-28(30)24-39-38(36(4,5)6,40-33(42)43)41(34(44)45)37(7,8)9/h10-23,39-40H,24H2,1-9H3,(H,42,43)(H,44,45). The molecule has 0 spiro atoms. The molecule has 0 aliphatic heterocycles. The second-order valence-electron chi connectivity index (χ2n) is 14.8. The Kier molecular flexibility index (Phi) is 9.09. The average Bonchev–Trinajstić information content (AvgIpc) is 2.93. The van der Waals surface area contributed by atoms with Crippen LogP contribution in [0.1, 0.15) is 73.4 Å². The minimum Gasteiger partial charge on any atom is -0.465 e. The Morgan fingerprint density at radius 1 is 0.711 bits per heavy atom. The van der Waals surface area contributed by atoms with Gasteiger partial charge in [-0.1, -0.05) is 120 Å². The first-order chi connectivity index (χ1) is 20.8. The fraction of sp³-hybridized carbons (Fsp3) is 0.368. The Morgan fingerprint density at radius 3 is 1.87 bits per heavy atom. The van der Waals surface area contributed by atoms with Crippen molar-refractivity contribution in [3.05, 3.63) is 96.1 Å². The normalized spacial score (nSPS) is 13.7. The van der Waals surface area contributed by atoms with Crippen LogP contribution in [-0.4, -0.2) is 38.6 Å². The second-order valence-corrected chi connectivity index (χ2v) is 14.8. The van der Waals surface area contributed by atoms with Crippen LogP contribution in [0, 0.1) is 5.41 Å². The topological polar surface area (TPSA) is 102 Å². The van der Waals surface area contributed by atoms with Gasteiger partial charge in [0.2, 0.25) is 0 Å². The third-order valence-corrected chi connectivity index (χ3v) is 8.38. The Labute approximate surface area is 267 Å². The number of fused-ring (bicyclic) bond motifs is 1. The van der Waals surface area contributed by atoms with Gasteiger partial charge in [0.05, 0.1) is 0 Å². The van der Waals surface area contributed by atoms with Gasteiger partial charge >= 0.3 is 12.2 Å². The maximum atomic E-state index is 12.7. The van der Waals surface area contributed by atoms with E-state index in [-0.39, 0.29) is 12.0 Å². The van der Waals surface area contributed by atoms with E-state index in [0.717, 1.165) is 33.0 Å². The lowest BCUT2D eigenvalue weighted by molar-refractivity contribution is -0.0858. The quantitative estimate of drug-likeness (QED) is 0.156. The molecule has 0 aliphatic carbocycles. The highest BCUT2D eigenvalue weighted by atomic mass is 16.4. The molecule has 0 saturated carbocycles. The molecule has 4 rings (SSSR count). The van der Waals surface area contributed by atoms with Crippen molar-refractivity contribution in [2.75, 3.05) is 0 Å². The van der Waals surface area contributed by atoms with Crippen molar-refractivity contribution in [1.82, 2.24) is 15.5 Å². The van der Waals surface area contributed by atoms with E-state index in [4.69, 9.17) is 0 Å². The molecule has 7 heteroatoms. The molecule has 7 nitrogen and oxygen atoms in total. The number of hydrogen-bond acceptors (Lipinski definition) is 3. The van der Waals surface area contributed by atoms with Gasteiger partial charge < -0.3 is 10.2 Å². The summed E-state index contributed by atoms with van der Waals surface area (Å²) in [5, 5.41) is 28.5. The maximum Gasteiger partial charge on any atom is 0.410 e. The van der Waals surface area contributed by atoms with E-state index in [9.17, 15) is 19.8 Å². The molecule has 0 radical (unpaired) electrons. The third-order valence-electron chi connectivity index (χ3n) is 8.38. The third kappa shape index (κ3) is 6.99. The molecule has 0 heterocycles. The summed E-state index contributed by atoms with van der Waals surface area (Å²) < 4.78 is 0. The van der Waals surface area contributed by atoms with Gasteiger partial charge in [-0.2, -0.15) is 0 Å². The summed E-state index contributed by atoms with van der Waals surface area (Å²) in [6.45, 7) is 17.6. The summed E-state index contributed by atoms with van der Waals surface area (Å²) in [4.78, 5) is 26.0. The number of carboxylic acid groups (broad SMARTS) is 2. The van der Waals surface area contributed by atoms with Crippen molar-refractivity contribution in [1.29, 1.82) is 0 Å². The highest BCUT2D eigenvalue weighted by Crippen LogP contribution is 2.38. The number of rotatable bonds is 7. The van der Waals surface area contributed by atoms with Crippen LogP contribution in [0.3, 0.4) is 0 Å². The maximum absolute atomic E-state index is 12.7. The first-order valence-electron chi connectivity index (χ1n) is 15.4. The summed E-state index contributed by atoms with van der Waals surface area (Å²) in [5.74, 6) is -1.64. The van der Waals surface area contributed by atoms with Crippen LogP contribution < -0.4 is 10.6 Å². The van der Waals surface area contributed by atoms with Crippen molar-refractivity contribution in [2.24, 2.45) is 5.41 Å².